The Morgan fingerprint density at radius 1 is 1.05 bits per heavy atom. The first-order valence-corrected chi connectivity index (χ1v) is 7.80. The molecule has 3 aromatic rings. The lowest BCUT2D eigenvalue weighted by molar-refractivity contribution is 0.686. The zero-order valence-corrected chi connectivity index (χ0v) is 12.5. The van der Waals surface area contributed by atoms with E-state index in [0.717, 1.165) is 30.0 Å². The second-order valence-corrected chi connectivity index (χ2v) is 6.18. The molecule has 0 bridgehead atoms. The smallest absolute Gasteiger partial charge is 0.0951 e. The van der Waals surface area contributed by atoms with Gasteiger partial charge < -0.3 is 5.32 Å². The molecule has 3 rings (SSSR count). The van der Waals surface area contributed by atoms with Crippen molar-refractivity contribution in [1.82, 2.24) is 10.3 Å². The summed E-state index contributed by atoms with van der Waals surface area (Å²) in [6.07, 6.45) is 0.965. The lowest BCUT2D eigenvalue weighted by Gasteiger charge is -2.03. The highest BCUT2D eigenvalue weighted by molar-refractivity contribution is 7.18. The minimum Gasteiger partial charge on any atom is -0.312 e. The molecular weight excluding hydrogens is 288 g/mol. The van der Waals surface area contributed by atoms with Gasteiger partial charge in [-0.3, -0.25) is 0 Å². The van der Waals surface area contributed by atoms with Gasteiger partial charge in [-0.15, -0.1) is 11.3 Å². The second kappa shape index (κ2) is 6.35. The number of hydrogen-bond donors (Lipinski definition) is 1. The maximum Gasteiger partial charge on any atom is 0.0951 e. The number of benzene rings is 2. The van der Waals surface area contributed by atoms with Crippen molar-refractivity contribution in [2.45, 2.75) is 13.0 Å². The van der Waals surface area contributed by atoms with E-state index >= 15 is 0 Å². The van der Waals surface area contributed by atoms with E-state index in [2.05, 4.69) is 28.5 Å². The van der Waals surface area contributed by atoms with Crippen LogP contribution in [0.4, 0.5) is 0 Å². The lowest BCUT2D eigenvalue weighted by atomic mass is 10.2. The maximum atomic E-state index is 5.86. The zero-order valence-electron chi connectivity index (χ0n) is 11.0. The van der Waals surface area contributed by atoms with Crippen molar-refractivity contribution in [1.29, 1.82) is 0 Å². The van der Waals surface area contributed by atoms with Gasteiger partial charge in [0.1, 0.15) is 0 Å². The Bertz CT molecular complexity index is 658. The van der Waals surface area contributed by atoms with Gasteiger partial charge in [-0.1, -0.05) is 35.9 Å². The van der Waals surface area contributed by atoms with Gasteiger partial charge >= 0.3 is 0 Å². The molecule has 102 valence electrons. The number of para-hydroxylation sites is 1. The van der Waals surface area contributed by atoms with Crippen LogP contribution < -0.4 is 5.32 Å². The Balaban J connectivity index is 1.51. The summed E-state index contributed by atoms with van der Waals surface area (Å²) in [5.74, 6) is 0. The van der Waals surface area contributed by atoms with Crippen LogP contribution in [0.2, 0.25) is 5.02 Å². The topological polar surface area (TPSA) is 24.9 Å². The molecule has 4 heteroatoms. The van der Waals surface area contributed by atoms with E-state index in [1.807, 2.05) is 30.3 Å². The highest BCUT2D eigenvalue weighted by atomic mass is 35.5. The highest BCUT2D eigenvalue weighted by Gasteiger charge is 2.02. The molecule has 0 saturated heterocycles. The molecule has 0 aliphatic carbocycles. The van der Waals surface area contributed by atoms with Gasteiger partial charge in [-0.2, -0.15) is 0 Å². The van der Waals surface area contributed by atoms with Crippen molar-refractivity contribution >= 4 is 33.2 Å². The number of fused-ring (bicyclic) bond motifs is 1. The fourth-order valence-corrected chi connectivity index (χ4v) is 3.15. The monoisotopic (exact) mass is 302 g/mol. The first-order chi connectivity index (χ1) is 9.81. The Hall–Kier alpha value is -1.42. The zero-order chi connectivity index (χ0) is 13.8. The molecule has 0 amide bonds. The van der Waals surface area contributed by atoms with Crippen LogP contribution in [-0.2, 0) is 13.0 Å². The third kappa shape index (κ3) is 3.37. The minimum atomic E-state index is 0.781. The molecule has 0 unspecified atom stereocenters. The summed E-state index contributed by atoms with van der Waals surface area (Å²) in [6.45, 7) is 1.80. The number of halogens is 1. The van der Waals surface area contributed by atoms with E-state index in [4.69, 9.17) is 11.6 Å². The van der Waals surface area contributed by atoms with Gasteiger partial charge in [-0.05, 0) is 29.8 Å². The molecule has 1 aromatic heterocycles. The van der Waals surface area contributed by atoms with E-state index in [1.165, 1.54) is 15.3 Å². The number of thiazole rings is 1. The predicted octanol–water partition coefficient (Wildman–Crippen LogP) is 4.28. The highest BCUT2D eigenvalue weighted by Crippen LogP contribution is 2.21. The van der Waals surface area contributed by atoms with Crippen LogP contribution in [0.3, 0.4) is 0 Å². The molecule has 2 aromatic carbocycles. The van der Waals surface area contributed by atoms with Gasteiger partial charge in [-0.25, -0.2) is 4.98 Å². The lowest BCUT2D eigenvalue weighted by Crippen LogP contribution is -2.16. The number of nitrogens with one attached hydrogen (secondary N) is 1. The fourth-order valence-electron chi connectivity index (χ4n) is 2.06. The van der Waals surface area contributed by atoms with Crippen LogP contribution in [-0.4, -0.2) is 11.5 Å². The average Bonchev–Trinajstić information content (AvgIpc) is 2.88. The van der Waals surface area contributed by atoms with Crippen LogP contribution >= 0.6 is 22.9 Å². The van der Waals surface area contributed by atoms with E-state index in [-0.39, 0.29) is 0 Å². The van der Waals surface area contributed by atoms with E-state index in [9.17, 15) is 0 Å². The SMILES string of the molecule is Clc1ccc(CNCCc2nc3ccccc3s2)cc1. The van der Waals surface area contributed by atoms with Gasteiger partial charge in [0.05, 0.1) is 15.2 Å². The summed E-state index contributed by atoms with van der Waals surface area (Å²) in [7, 11) is 0. The number of nitrogens with zero attached hydrogens (tertiary/aromatic N) is 1. The van der Waals surface area contributed by atoms with Gasteiger partial charge in [0, 0.05) is 24.5 Å². The first-order valence-electron chi connectivity index (χ1n) is 6.61. The van der Waals surface area contributed by atoms with Gasteiger partial charge in [0.2, 0.25) is 0 Å². The molecule has 0 fully saturated rings. The molecular formula is C16H15ClN2S. The van der Waals surface area contributed by atoms with E-state index in [0.29, 0.717) is 0 Å². The van der Waals surface area contributed by atoms with Crippen LogP contribution in [0.25, 0.3) is 10.2 Å². The molecule has 20 heavy (non-hydrogen) atoms. The van der Waals surface area contributed by atoms with Crippen LogP contribution in [0.1, 0.15) is 10.6 Å². The molecule has 0 aliphatic heterocycles. The summed E-state index contributed by atoms with van der Waals surface area (Å²) in [5.41, 5.74) is 2.35. The average molecular weight is 303 g/mol. The van der Waals surface area contributed by atoms with Gasteiger partial charge in [0.25, 0.3) is 0 Å². The van der Waals surface area contributed by atoms with Crippen molar-refractivity contribution in [3.8, 4) is 0 Å². The number of aromatic nitrogens is 1. The Kier molecular flexibility index (Phi) is 4.31. The predicted molar refractivity (Wildman–Crippen MR) is 86.5 cm³/mol. The third-order valence-electron chi connectivity index (χ3n) is 3.10. The van der Waals surface area contributed by atoms with Crippen LogP contribution in [0.5, 0.6) is 0 Å². The Morgan fingerprint density at radius 2 is 1.85 bits per heavy atom. The summed E-state index contributed by atoms with van der Waals surface area (Å²) in [4.78, 5) is 4.63. The fraction of sp³-hybridized carbons (Fsp3) is 0.188. The van der Waals surface area contributed by atoms with E-state index in [1.54, 1.807) is 11.3 Å². The molecule has 0 spiro atoms. The Labute approximate surface area is 127 Å². The molecule has 0 aliphatic rings. The quantitative estimate of drug-likeness (QED) is 0.712. The molecule has 0 atom stereocenters. The van der Waals surface area contributed by atoms with Crippen molar-refractivity contribution in [3.63, 3.8) is 0 Å². The number of hydrogen-bond acceptors (Lipinski definition) is 3. The summed E-state index contributed by atoms with van der Waals surface area (Å²) in [6, 6.07) is 16.2. The number of rotatable bonds is 5. The third-order valence-corrected chi connectivity index (χ3v) is 4.44. The van der Waals surface area contributed by atoms with Crippen molar-refractivity contribution in [3.05, 3.63) is 64.1 Å². The summed E-state index contributed by atoms with van der Waals surface area (Å²) in [5, 5.41) is 5.41. The summed E-state index contributed by atoms with van der Waals surface area (Å²) >= 11 is 7.64. The van der Waals surface area contributed by atoms with Crippen molar-refractivity contribution < 1.29 is 0 Å². The first kappa shape index (κ1) is 13.6. The second-order valence-electron chi connectivity index (χ2n) is 4.63. The maximum absolute atomic E-state index is 5.86. The van der Waals surface area contributed by atoms with Crippen molar-refractivity contribution in [2.24, 2.45) is 0 Å². The molecule has 0 radical (unpaired) electrons. The van der Waals surface area contributed by atoms with Gasteiger partial charge in [0.15, 0.2) is 0 Å². The standard InChI is InChI=1S/C16H15ClN2S/c17-13-7-5-12(6-8-13)11-18-10-9-16-19-14-3-1-2-4-15(14)20-16/h1-8,18H,9-11H2. The summed E-state index contributed by atoms with van der Waals surface area (Å²) < 4.78 is 1.26. The largest absolute Gasteiger partial charge is 0.312 e. The van der Waals surface area contributed by atoms with Crippen LogP contribution in [0, 0.1) is 0 Å². The van der Waals surface area contributed by atoms with E-state index < -0.39 is 0 Å². The molecule has 2 nitrogen and oxygen atoms in total. The minimum absolute atomic E-state index is 0.781. The Morgan fingerprint density at radius 3 is 2.65 bits per heavy atom. The van der Waals surface area contributed by atoms with Crippen molar-refractivity contribution in [2.75, 3.05) is 6.54 Å². The van der Waals surface area contributed by atoms with Crippen LogP contribution in [0.15, 0.2) is 48.5 Å². The molecule has 1 N–H and O–H groups in total. The normalized spacial score (nSPS) is 11.1. The molecule has 1 heterocycles. The molecule has 0 saturated carbocycles.